The van der Waals surface area contributed by atoms with Crippen LogP contribution in [0.4, 0.5) is 16.0 Å². The fraction of sp³-hybridized carbons (Fsp3) is 0.500. The highest BCUT2D eigenvalue weighted by Crippen LogP contribution is 2.35. The quantitative estimate of drug-likeness (QED) is 0.489. The summed E-state index contributed by atoms with van der Waals surface area (Å²) in [4.78, 5) is 11.6. The monoisotopic (exact) mass is 466 g/mol. The number of methoxy groups -OCH3 is 1. The Bertz CT molecular complexity index is 1390. The normalized spacial score (nSPS) is 19.3. The number of ether oxygens (including phenoxy) is 1. The number of aromatic nitrogens is 6. The fourth-order valence-electron chi connectivity index (χ4n) is 4.82. The Morgan fingerprint density at radius 1 is 1.15 bits per heavy atom. The fourth-order valence-corrected chi connectivity index (χ4v) is 4.82. The standard InChI is InChI=1S/C24H31FN8O/c1-13-7-15(11-31(10-13)19-12-32(24(3,4)5)29-14(19)2)21-28-22-16-8-17(25)20(34-6)9-18(16)27-23(26)33(22)30-21/h8-9,12-13,15H,7,10-11H2,1-6H3,(H2,26,27)/t13-,15-/m0/s1. The molecule has 1 aromatic carbocycles. The highest BCUT2D eigenvalue weighted by Gasteiger charge is 2.31. The molecule has 10 heteroatoms. The first kappa shape index (κ1) is 22.4. The average molecular weight is 467 g/mol. The van der Waals surface area contributed by atoms with Crippen LogP contribution in [0.3, 0.4) is 0 Å². The van der Waals surface area contributed by atoms with Crippen molar-refractivity contribution in [2.75, 3.05) is 30.8 Å². The maximum atomic E-state index is 14.5. The zero-order chi connectivity index (χ0) is 24.4. The van der Waals surface area contributed by atoms with E-state index in [4.69, 9.17) is 25.7 Å². The second-order valence-electron chi connectivity index (χ2n) is 10.3. The molecule has 4 heterocycles. The summed E-state index contributed by atoms with van der Waals surface area (Å²) in [6, 6.07) is 2.92. The molecule has 0 spiro atoms. The number of piperidine rings is 1. The second-order valence-corrected chi connectivity index (χ2v) is 10.3. The van der Waals surface area contributed by atoms with Gasteiger partial charge in [0.2, 0.25) is 5.95 Å². The number of anilines is 2. The minimum atomic E-state index is -0.475. The molecular weight excluding hydrogens is 435 g/mol. The Labute approximate surface area is 197 Å². The van der Waals surface area contributed by atoms with Gasteiger partial charge in [-0.1, -0.05) is 6.92 Å². The van der Waals surface area contributed by atoms with Crippen molar-refractivity contribution in [1.29, 1.82) is 0 Å². The Kier molecular flexibility index (Phi) is 5.14. The lowest BCUT2D eigenvalue weighted by Gasteiger charge is -2.36. The van der Waals surface area contributed by atoms with Gasteiger partial charge in [0.15, 0.2) is 23.0 Å². The molecule has 5 rings (SSSR count). The molecule has 1 aliphatic heterocycles. The van der Waals surface area contributed by atoms with E-state index < -0.39 is 5.82 Å². The second kappa shape index (κ2) is 7.82. The van der Waals surface area contributed by atoms with Gasteiger partial charge in [-0.15, -0.1) is 5.10 Å². The molecule has 1 fully saturated rings. The molecule has 3 aromatic heterocycles. The van der Waals surface area contributed by atoms with E-state index in [9.17, 15) is 4.39 Å². The molecule has 9 nitrogen and oxygen atoms in total. The lowest BCUT2D eigenvalue weighted by Crippen LogP contribution is -2.39. The number of aryl methyl sites for hydroxylation is 1. The largest absolute Gasteiger partial charge is 0.494 e. The van der Waals surface area contributed by atoms with Crippen LogP contribution in [-0.2, 0) is 5.54 Å². The Hall–Kier alpha value is -3.43. The van der Waals surface area contributed by atoms with Gasteiger partial charge in [-0.05, 0) is 46.1 Å². The molecule has 0 unspecified atom stereocenters. The van der Waals surface area contributed by atoms with E-state index in [1.807, 2.05) is 4.68 Å². The van der Waals surface area contributed by atoms with Gasteiger partial charge in [0.05, 0.1) is 29.5 Å². The van der Waals surface area contributed by atoms with Crippen LogP contribution in [0, 0.1) is 18.7 Å². The smallest absolute Gasteiger partial charge is 0.223 e. The third-order valence-corrected chi connectivity index (χ3v) is 6.51. The molecule has 0 bridgehead atoms. The molecular formula is C24H31FN8O. The van der Waals surface area contributed by atoms with Crippen molar-refractivity contribution in [3.63, 3.8) is 0 Å². The number of benzene rings is 1. The van der Waals surface area contributed by atoms with Crippen LogP contribution in [0.1, 0.15) is 51.6 Å². The first-order chi connectivity index (χ1) is 16.0. The maximum absolute atomic E-state index is 14.5. The van der Waals surface area contributed by atoms with Crippen molar-refractivity contribution in [2.24, 2.45) is 5.92 Å². The van der Waals surface area contributed by atoms with Crippen LogP contribution >= 0.6 is 0 Å². The van der Waals surface area contributed by atoms with E-state index in [0.717, 1.165) is 30.9 Å². The number of nitrogen functional groups attached to an aromatic ring is 1. The van der Waals surface area contributed by atoms with E-state index in [1.165, 1.54) is 23.8 Å². The summed E-state index contributed by atoms with van der Waals surface area (Å²) in [5.74, 6) is 1.08. The predicted molar refractivity (Wildman–Crippen MR) is 130 cm³/mol. The molecule has 0 radical (unpaired) electrons. The van der Waals surface area contributed by atoms with Gasteiger partial charge in [0, 0.05) is 36.7 Å². The third-order valence-electron chi connectivity index (χ3n) is 6.51. The summed E-state index contributed by atoms with van der Waals surface area (Å²) < 4.78 is 23.1. The van der Waals surface area contributed by atoms with Gasteiger partial charge in [-0.25, -0.2) is 14.4 Å². The number of hydrogen-bond acceptors (Lipinski definition) is 7. The first-order valence-corrected chi connectivity index (χ1v) is 11.6. The molecule has 1 saturated heterocycles. The molecule has 1 aliphatic rings. The number of nitrogens with two attached hydrogens (primary N) is 1. The number of fused-ring (bicyclic) bond motifs is 3. The topological polar surface area (TPSA) is 99.4 Å². The van der Waals surface area contributed by atoms with Gasteiger partial charge in [-0.3, -0.25) is 4.68 Å². The Morgan fingerprint density at radius 3 is 2.59 bits per heavy atom. The zero-order valence-electron chi connectivity index (χ0n) is 20.5. The van der Waals surface area contributed by atoms with E-state index >= 15 is 0 Å². The van der Waals surface area contributed by atoms with Crippen LogP contribution in [0.25, 0.3) is 16.6 Å². The van der Waals surface area contributed by atoms with E-state index in [-0.39, 0.29) is 23.2 Å². The molecule has 2 N–H and O–H groups in total. The SMILES string of the molecule is COc1cc2nc(N)n3nc([C@H]4C[C@H](C)CN(c5cn(C(C)(C)C)nc5C)C4)nc3c2cc1F. The van der Waals surface area contributed by atoms with E-state index in [1.54, 1.807) is 0 Å². The van der Waals surface area contributed by atoms with Crippen LogP contribution in [0.5, 0.6) is 5.75 Å². The summed E-state index contributed by atoms with van der Waals surface area (Å²) in [6.45, 7) is 12.4. The number of rotatable bonds is 3. The molecule has 0 saturated carbocycles. The lowest BCUT2D eigenvalue weighted by atomic mass is 9.89. The van der Waals surface area contributed by atoms with Crippen LogP contribution in [0.2, 0.25) is 0 Å². The molecule has 34 heavy (non-hydrogen) atoms. The van der Waals surface area contributed by atoms with Gasteiger partial charge >= 0.3 is 0 Å². The lowest BCUT2D eigenvalue weighted by molar-refractivity contribution is 0.353. The van der Waals surface area contributed by atoms with Crippen molar-refractivity contribution in [3.05, 3.63) is 35.7 Å². The Balaban J connectivity index is 1.54. The predicted octanol–water partition coefficient (Wildman–Crippen LogP) is 3.90. The summed E-state index contributed by atoms with van der Waals surface area (Å²) >= 11 is 0. The molecule has 4 aromatic rings. The van der Waals surface area contributed by atoms with E-state index in [2.05, 4.69) is 50.7 Å². The summed E-state index contributed by atoms with van der Waals surface area (Å²) in [7, 11) is 1.42. The summed E-state index contributed by atoms with van der Waals surface area (Å²) in [5, 5.41) is 10.0. The molecule has 0 amide bonds. The summed E-state index contributed by atoms with van der Waals surface area (Å²) in [5.41, 5.74) is 9.27. The van der Waals surface area contributed by atoms with Crippen molar-refractivity contribution >= 4 is 28.2 Å². The number of hydrogen-bond donors (Lipinski definition) is 1. The van der Waals surface area contributed by atoms with Crippen molar-refractivity contribution in [1.82, 2.24) is 29.4 Å². The highest BCUT2D eigenvalue weighted by molar-refractivity contribution is 5.93. The number of halogens is 1. The average Bonchev–Trinajstić information content (AvgIpc) is 3.38. The minimum absolute atomic E-state index is 0.0868. The summed E-state index contributed by atoms with van der Waals surface area (Å²) in [6.07, 6.45) is 3.08. The maximum Gasteiger partial charge on any atom is 0.223 e. The van der Waals surface area contributed by atoms with Crippen LogP contribution in [-0.4, -0.2) is 49.6 Å². The van der Waals surface area contributed by atoms with Crippen LogP contribution < -0.4 is 15.4 Å². The molecule has 180 valence electrons. The molecule has 0 aliphatic carbocycles. The number of nitrogens with zero attached hydrogens (tertiary/aromatic N) is 7. The Morgan fingerprint density at radius 2 is 1.91 bits per heavy atom. The van der Waals surface area contributed by atoms with E-state index in [0.29, 0.717) is 28.3 Å². The van der Waals surface area contributed by atoms with Crippen molar-refractivity contribution in [2.45, 2.75) is 52.5 Å². The minimum Gasteiger partial charge on any atom is -0.494 e. The first-order valence-electron chi connectivity index (χ1n) is 11.6. The van der Waals surface area contributed by atoms with Gasteiger partial charge in [0.25, 0.3) is 0 Å². The third kappa shape index (κ3) is 3.70. The van der Waals surface area contributed by atoms with Gasteiger partial charge < -0.3 is 15.4 Å². The van der Waals surface area contributed by atoms with Crippen molar-refractivity contribution in [3.8, 4) is 5.75 Å². The van der Waals surface area contributed by atoms with Gasteiger partial charge in [0.1, 0.15) is 0 Å². The van der Waals surface area contributed by atoms with Crippen LogP contribution in [0.15, 0.2) is 18.3 Å². The highest BCUT2D eigenvalue weighted by atomic mass is 19.1. The molecule has 2 atom stereocenters. The van der Waals surface area contributed by atoms with Gasteiger partial charge in [-0.2, -0.15) is 9.61 Å². The van der Waals surface area contributed by atoms with Crippen molar-refractivity contribution < 1.29 is 9.13 Å². The zero-order valence-corrected chi connectivity index (χ0v) is 20.5.